The Kier molecular flexibility index (Phi) is 2.89. The van der Waals surface area contributed by atoms with Crippen molar-refractivity contribution < 1.29 is 0 Å². The molecule has 0 saturated carbocycles. The predicted octanol–water partition coefficient (Wildman–Crippen LogP) is 2.25. The van der Waals surface area contributed by atoms with E-state index in [9.17, 15) is 0 Å². The van der Waals surface area contributed by atoms with Gasteiger partial charge >= 0.3 is 0 Å². The molecule has 0 saturated heterocycles. The van der Waals surface area contributed by atoms with Crippen molar-refractivity contribution >= 4 is 0 Å². The zero-order valence-electron chi connectivity index (χ0n) is 7.43. The maximum Gasteiger partial charge on any atom is 0.0140 e. The summed E-state index contributed by atoms with van der Waals surface area (Å²) in [6.45, 7) is 5.21. The summed E-state index contributed by atoms with van der Waals surface area (Å²) in [5.41, 5.74) is 8.47. The Morgan fingerprint density at radius 1 is 1.36 bits per heavy atom. The molecule has 62 valence electrons. The van der Waals surface area contributed by atoms with E-state index in [0.29, 0.717) is 5.92 Å². The summed E-state index contributed by atoms with van der Waals surface area (Å²) in [6, 6.07) is 0. The van der Waals surface area contributed by atoms with Gasteiger partial charge in [-0.05, 0) is 18.8 Å². The van der Waals surface area contributed by atoms with Crippen molar-refractivity contribution in [1.29, 1.82) is 0 Å². The molecule has 0 aromatic carbocycles. The van der Waals surface area contributed by atoms with Crippen LogP contribution in [0, 0.1) is 5.92 Å². The van der Waals surface area contributed by atoms with Crippen LogP contribution in [0.4, 0.5) is 0 Å². The van der Waals surface area contributed by atoms with Gasteiger partial charge in [-0.2, -0.15) is 0 Å². The number of nitrogens with two attached hydrogens (primary N) is 1. The first-order valence-corrected chi connectivity index (χ1v) is 4.32. The van der Waals surface area contributed by atoms with E-state index in [1.165, 1.54) is 18.4 Å². The van der Waals surface area contributed by atoms with Crippen LogP contribution in [0.1, 0.15) is 26.7 Å². The molecule has 0 aromatic heterocycles. The zero-order chi connectivity index (χ0) is 8.27. The molecule has 0 bridgehead atoms. The quantitative estimate of drug-likeness (QED) is 0.643. The maximum atomic E-state index is 5.53. The van der Waals surface area contributed by atoms with Crippen molar-refractivity contribution in [3.8, 4) is 0 Å². The summed E-state index contributed by atoms with van der Waals surface area (Å²) < 4.78 is 0. The van der Waals surface area contributed by atoms with E-state index in [0.717, 1.165) is 6.54 Å². The highest BCUT2D eigenvalue weighted by molar-refractivity contribution is 5.25. The minimum atomic E-state index is 0.700. The van der Waals surface area contributed by atoms with Gasteiger partial charge in [-0.3, -0.25) is 0 Å². The van der Waals surface area contributed by atoms with Crippen molar-refractivity contribution in [1.82, 2.24) is 0 Å². The molecule has 11 heavy (non-hydrogen) atoms. The first-order chi connectivity index (χ1) is 5.24. The molecule has 0 unspecified atom stereocenters. The Labute approximate surface area is 69.0 Å². The second-order valence-corrected chi connectivity index (χ2v) is 3.43. The van der Waals surface area contributed by atoms with E-state index < -0.39 is 0 Å². The van der Waals surface area contributed by atoms with E-state index in [-0.39, 0.29) is 0 Å². The van der Waals surface area contributed by atoms with Gasteiger partial charge in [0, 0.05) is 6.54 Å². The summed E-state index contributed by atoms with van der Waals surface area (Å²) >= 11 is 0. The highest BCUT2D eigenvalue weighted by atomic mass is 14.5. The van der Waals surface area contributed by atoms with Crippen molar-refractivity contribution in [2.45, 2.75) is 26.7 Å². The molecule has 0 radical (unpaired) electrons. The van der Waals surface area contributed by atoms with Crippen LogP contribution in [0.3, 0.4) is 0 Å². The second kappa shape index (κ2) is 3.72. The van der Waals surface area contributed by atoms with Crippen molar-refractivity contribution in [3.63, 3.8) is 0 Å². The van der Waals surface area contributed by atoms with E-state index >= 15 is 0 Å². The fourth-order valence-corrected chi connectivity index (χ4v) is 1.35. The molecule has 0 aliphatic heterocycles. The number of rotatable bonds is 2. The molecule has 1 nitrogen and oxygen atoms in total. The van der Waals surface area contributed by atoms with Crippen LogP contribution in [-0.2, 0) is 0 Å². The van der Waals surface area contributed by atoms with Crippen LogP contribution in [0.5, 0.6) is 0 Å². The van der Waals surface area contributed by atoms with E-state index in [4.69, 9.17) is 5.73 Å². The monoisotopic (exact) mass is 151 g/mol. The van der Waals surface area contributed by atoms with Crippen LogP contribution >= 0.6 is 0 Å². The minimum Gasteiger partial charge on any atom is -0.327 e. The molecule has 1 aliphatic rings. The topological polar surface area (TPSA) is 26.0 Å². The first-order valence-electron chi connectivity index (χ1n) is 4.32. The van der Waals surface area contributed by atoms with Crippen LogP contribution in [0.25, 0.3) is 0 Å². The van der Waals surface area contributed by atoms with Crippen LogP contribution in [-0.4, -0.2) is 6.54 Å². The van der Waals surface area contributed by atoms with E-state index in [1.807, 2.05) is 0 Å². The number of allylic oxidation sites excluding steroid dienone is 3. The third-order valence-electron chi connectivity index (χ3n) is 2.27. The van der Waals surface area contributed by atoms with Gasteiger partial charge in [0.25, 0.3) is 0 Å². The third kappa shape index (κ3) is 2.19. The minimum absolute atomic E-state index is 0.700. The smallest absolute Gasteiger partial charge is 0.0140 e. The molecule has 0 atom stereocenters. The normalized spacial score (nSPS) is 18.2. The van der Waals surface area contributed by atoms with Crippen LogP contribution < -0.4 is 5.73 Å². The Morgan fingerprint density at radius 2 is 2.09 bits per heavy atom. The fourth-order valence-electron chi connectivity index (χ4n) is 1.35. The Balaban J connectivity index is 2.61. The van der Waals surface area contributed by atoms with Gasteiger partial charge in [0.2, 0.25) is 0 Å². The fraction of sp³-hybridized carbons (Fsp3) is 0.600. The summed E-state index contributed by atoms with van der Waals surface area (Å²) in [5.74, 6) is 0.700. The predicted molar refractivity (Wildman–Crippen MR) is 49.3 cm³/mol. The summed E-state index contributed by atoms with van der Waals surface area (Å²) in [5, 5.41) is 0. The van der Waals surface area contributed by atoms with Gasteiger partial charge in [-0.25, -0.2) is 0 Å². The molecule has 0 amide bonds. The lowest BCUT2D eigenvalue weighted by Gasteiger charge is -2.15. The van der Waals surface area contributed by atoms with Crippen molar-refractivity contribution in [2.75, 3.05) is 6.54 Å². The average Bonchev–Trinajstić information content (AvgIpc) is 2.05. The van der Waals surface area contributed by atoms with Crippen molar-refractivity contribution in [2.24, 2.45) is 11.7 Å². The Bertz CT molecular complexity index is 187. The number of hydrogen-bond acceptors (Lipinski definition) is 1. The molecule has 0 fully saturated rings. The molecule has 2 N–H and O–H groups in total. The van der Waals surface area contributed by atoms with Gasteiger partial charge in [-0.15, -0.1) is 0 Å². The summed E-state index contributed by atoms with van der Waals surface area (Å²) in [4.78, 5) is 0. The summed E-state index contributed by atoms with van der Waals surface area (Å²) in [7, 11) is 0. The number of hydrogen-bond donors (Lipinski definition) is 1. The molecule has 0 spiro atoms. The van der Waals surface area contributed by atoms with Gasteiger partial charge in [0.15, 0.2) is 0 Å². The SMILES string of the molecule is CC(C)C1=CC=C(CN)CC1. The molecule has 1 aliphatic carbocycles. The van der Waals surface area contributed by atoms with E-state index in [1.54, 1.807) is 5.57 Å². The Morgan fingerprint density at radius 3 is 2.45 bits per heavy atom. The third-order valence-corrected chi connectivity index (χ3v) is 2.27. The lowest BCUT2D eigenvalue weighted by atomic mass is 9.91. The highest BCUT2D eigenvalue weighted by Gasteiger charge is 2.07. The van der Waals surface area contributed by atoms with Gasteiger partial charge < -0.3 is 5.73 Å². The van der Waals surface area contributed by atoms with Crippen molar-refractivity contribution in [3.05, 3.63) is 23.3 Å². The summed E-state index contributed by atoms with van der Waals surface area (Å²) in [6.07, 6.45) is 6.79. The molecule has 0 aromatic rings. The Hall–Kier alpha value is -0.560. The average molecular weight is 151 g/mol. The maximum absolute atomic E-state index is 5.53. The van der Waals surface area contributed by atoms with Crippen LogP contribution in [0.15, 0.2) is 23.3 Å². The second-order valence-electron chi connectivity index (χ2n) is 3.43. The van der Waals surface area contributed by atoms with E-state index in [2.05, 4.69) is 26.0 Å². The molecular formula is C10H17N. The van der Waals surface area contributed by atoms with Gasteiger partial charge in [-0.1, -0.05) is 37.1 Å². The largest absolute Gasteiger partial charge is 0.327 e. The van der Waals surface area contributed by atoms with Gasteiger partial charge in [0.1, 0.15) is 0 Å². The molecular weight excluding hydrogens is 134 g/mol. The lowest BCUT2D eigenvalue weighted by Crippen LogP contribution is -2.07. The van der Waals surface area contributed by atoms with Crippen LogP contribution in [0.2, 0.25) is 0 Å². The standard InChI is InChI=1S/C10H17N/c1-8(2)10-5-3-9(7-11)4-6-10/h3,5,8H,4,6-7,11H2,1-2H3. The highest BCUT2D eigenvalue weighted by Crippen LogP contribution is 2.22. The molecule has 0 heterocycles. The molecule has 1 heteroatoms. The first kappa shape index (κ1) is 8.54. The van der Waals surface area contributed by atoms with Gasteiger partial charge in [0.05, 0.1) is 0 Å². The zero-order valence-corrected chi connectivity index (χ0v) is 7.43. The molecule has 1 rings (SSSR count). The lowest BCUT2D eigenvalue weighted by molar-refractivity contribution is 0.696.